The molecule has 1 amide bonds. The van der Waals surface area contributed by atoms with Gasteiger partial charge in [0.05, 0.1) is 28.9 Å². The highest BCUT2D eigenvalue weighted by Crippen LogP contribution is 2.27. The normalized spacial score (nSPS) is 16.5. The second-order valence-electron chi connectivity index (χ2n) is 7.94. The number of aryl methyl sites for hydroxylation is 3. The Balaban J connectivity index is 1.50. The Morgan fingerprint density at radius 3 is 2.61 bits per heavy atom. The maximum Gasteiger partial charge on any atom is 0.255 e. The molecule has 0 spiro atoms. The Bertz CT molecular complexity index is 1030. The number of pyridine rings is 1. The van der Waals surface area contributed by atoms with Crippen molar-refractivity contribution in [2.24, 2.45) is 0 Å². The molecular formula is C22H26N4O2. The van der Waals surface area contributed by atoms with Gasteiger partial charge in [0.2, 0.25) is 0 Å². The van der Waals surface area contributed by atoms with Crippen LogP contribution in [0.25, 0.3) is 10.9 Å². The fourth-order valence-corrected chi connectivity index (χ4v) is 3.95. The fourth-order valence-electron chi connectivity index (χ4n) is 3.95. The summed E-state index contributed by atoms with van der Waals surface area (Å²) >= 11 is 0. The number of carbonyl (C=O) groups excluding carboxylic acids is 1. The number of aliphatic hydroxyl groups is 1. The Kier molecular flexibility index (Phi) is 4.67. The SMILES string of the molecule is Cc1ccc2nc(C)c(C(=O)N3CCC(O)(Cn4ccnc4C)CC3)cc2c1. The summed E-state index contributed by atoms with van der Waals surface area (Å²) in [4.78, 5) is 23.8. The molecule has 3 heterocycles. The van der Waals surface area contributed by atoms with Crippen molar-refractivity contribution in [2.75, 3.05) is 13.1 Å². The first-order valence-corrected chi connectivity index (χ1v) is 9.72. The number of nitrogens with zero attached hydrogens (tertiary/aromatic N) is 4. The molecule has 3 aromatic rings. The molecule has 146 valence electrons. The minimum atomic E-state index is -0.809. The third kappa shape index (κ3) is 3.52. The molecule has 28 heavy (non-hydrogen) atoms. The number of piperidine rings is 1. The summed E-state index contributed by atoms with van der Waals surface area (Å²) in [5, 5.41) is 11.9. The Morgan fingerprint density at radius 2 is 1.93 bits per heavy atom. The number of hydrogen-bond donors (Lipinski definition) is 1. The van der Waals surface area contributed by atoms with E-state index in [0.717, 1.165) is 28.0 Å². The third-order valence-corrected chi connectivity index (χ3v) is 5.76. The molecule has 4 rings (SSSR count). The van der Waals surface area contributed by atoms with Crippen LogP contribution in [0, 0.1) is 20.8 Å². The standard InChI is InChI=1S/C22H26N4O2/c1-15-4-5-20-18(12-15)13-19(16(2)24-20)21(27)25-9-6-22(28,7-10-25)14-26-11-8-23-17(26)3/h4-5,8,11-13,28H,6-7,9-10,14H2,1-3H3. The van der Waals surface area contributed by atoms with Crippen molar-refractivity contribution in [3.05, 3.63) is 59.3 Å². The molecule has 6 heteroatoms. The highest BCUT2D eigenvalue weighted by Gasteiger charge is 2.35. The monoisotopic (exact) mass is 378 g/mol. The number of benzene rings is 1. The Morgan fingerprint density at radius 1 is 1.18 bits per heavy atom. The minimum Gasteiger partial charge on any atom is -0.388 e. The van der Waals surface area contributed by atoms with Crippen LogP contribution in [0.3, 0.4) is 0 Å². The number of imidazole rings is 1. The molecule has 1 saturated heterocycles. The maximum atomic E-state index is 13.1. The summed E-state index contributed by atoms with van der Waals surface area (Å²) in [7, 11) is 0. The first-order valence-electron chi connectivity index (χ1n) is 9.72. The van der Waals surface area contributed by atoms with E-state index in [1.165, 1.54) is 0 Å². The summed E-state index contributed by atoms with van der Waals surface area (Å²) in [5.41, 5.74) is 2.64. The Hall–Kier alpha value is -2.73. The summed E-state index contributed by atoms with van der Waals surface area (Å²) < 4.78 is 1.97. The second-order valence-corrected chi connectivity index (χ2v) is 7.94. The van der Waals surface area contributed by atoms with Gasteiger partial charge in [-0.05, 0) is 51.8 Å². The zero-order valence-corrected chi connectivity index (χ0v) is 16.6. The molecule has 1 aliphatic heterocycles. The van der Waals surface area contributed by atoms with Crippen molar-refractivity contribution in [1.82, 2.24) is 19.4 Å². The van der Waals surface area contributed by atoms with E-state index >= 15 is 0 Å². The lowest BCUT2D eigenvalue weighted by molar-refractivity contribution is -0.0296. The number of aromatic nitrogens is 3. The minimum absolute atomic E-state index is 0.00531. The lowest BCUT2D eigenvalue weighted by Crippen LogP contribution is -2.48. The number of carbonyl (C=O) groups is 1. The average molecular weight is 378 g/mol. The van der Waals surface area contributed by atoms with E-state index < -0.39 is 5.60 Å². The van der Waals surface area contributed by atoms with E-state index in [2.05, 4.69) is 16.0 Å². The topological polar surface area (TPSA) is 71.2 Å². The van der Waals surface area contributed by atoms with Crippen LogP contribution in [-0.4, -0.2) is 49.1 Å². The summed E-state index contributed by atoms with van der Waals surface area (Å²) in [6, 6.07) is 8.03. The lowest BCUT2D eigenvalue weighted by Gasteiger charge is -2.38. The van der Waals surface area contributed by atoms with Crippen LogP contribution in [0.4, 0.5) is 0 Å². The number of amides is 1. The number of rotatable bonds is 3. The van der Waals surface area contributed by atoms with Gasteiger partial charge in [-0.3, -0.25) is 9.78 Å². The van der Waals surface area contributed by atoms with Crippen LogP contribution >= 0.6 is 0 Å². The fraction of sp³-hybridized carbons (Fsp3) is 0.409. The van der Waals surface area contributed by atoms with Gasteiger partial charge in [-0.25, -0.2) is 4.98 Å². The first kappa shape index (κ1) is 18.6. The Labute approximate surface area is 164 Å². The zero-order valence-electron chi connectivity index (χ0n) is 16.6. The third-order valence-electron chi connectivity index (χ3n) is 5.76. The highest BCUT2D eigenvalue weighted by atomic mass is 16.3. The summed E-state index contributed by atoms with van der Waals surface area (Å²) in [6.07, 6.45) is 4.73. The van der Waals surface area contributed by atoms with Crippen LogP contribution in [0.15, 0.2) is 36.7 Å². The number of likely N-dealkylation sites (tertiary alicyclic amines) is 1. The highest BCUT2D eigenvalue weighted by molar-refractivity contribution is 5.98. The molecule has 1 fully saturated rings. The van der Waals surface area contributed by atoms with E-state index in [1.54, 1.807) is 6.20 Å². The molecule has 6 nitrogen and oxygen atoms in total. The predicted octanol–water partition coefficient (Wildman–Crippen LogP) is 3.02. The summed E-state index contributed by atoms with van der Waals surface area (Å²) in [5.74, 6) is 0.884. The smallest absolute Gasteiger partial charge is 0.255 e. The molecule has 0 radical (unpaired) electrons. The molecule has 1 N–H and O–H groups in total. The molecule has 0 bridgehead atoms. The predicted molar refractivity (Wildman–Crippen MR) is 108 cm³/mol. The zero-order chi connectivity index (χ0) is 19.9. The molecule has 0 aliphatic carbocycles. The van der Waals surface area contributed by atoms with Crippen molar-refractivity contribution in [1.29, 1.82) is 0 Å². The van der Waals surface area contributed by atoms with Gasteiger partial charge in [0.1, 0.15) is 5.82 Å². The van der Waals surface area contributed by atoms with E-state index in [4.69, 9.17) is 0 Å². The maximum absolute atomic E-state index is 13.1. The van der Waals surface area contributed by atoms with Crippen LogP contribution in [0.1, 0.15) is 40.3 Å². The molecular weight excluding hydrogens is 352 g/mol. The molecule has 0 saturated carbocycles. The van der Waals surface area contributed by atoms with Gasteiger partial charge in [-0.2, -0.15) is 0 Å². The van der Waals surface area contributed by atoms with Crippen molar-refractivity contribution in [2.45, 2.75) is 45.8 Å². The molecule has 2 aromatic heterocycles. The lowest BCUT2D eigenvalue weighted by atomic mass is 9.90. The number of fused-ring (bicyclic) bond motifs is 1. The summed E-state index contributed by atoms with van der Waals surface area (Å²) in [6.45, 7) is 7.43. The first-order chi connectivity index (χ1) is 13.3. The van der Waals surface area contributed by atoms with Crippen LogP contribution < -0.4 is 0 Å². The van der Waals surface area contributed by atoms with Gasteiger partial charge in [0.25, 0.3) is 5.91 Å². The van der Waals surface area contributed by atoms with Gasteiger partial charge < -0.3 is 14.6 Å². The molecule has 1 aliphatic rings. The van der Waals surface area contributed by atoms with Gasteiger partial charge in [-0.15, -0.1) is 0 Å². The van der Waals surface area contributed by atoms with Crippen molar-refractivity contribution >= 4 is 16.8 Å². The van der Waals surface area contributed by atoms with Gasteiger partial charge >= 0.3 is 0 Å². The van der Waals surface area contributed by atoms with Crippen molar-refractivity contribution < 1.29 is 9.90 Å². The van der Waals surface area contributed by atoms with E-state index in [-0.39, 0.29) is 5.91 Å². The van der Waals surface area contributed by atoms with Crippen molar-refractivity contribution in [3.8, 4) is 0 Å². The van der Waals surface area contributed by atoms with Gasteiger partial charge in [0.15, 0.2) is 0 Å². The molecule has 0 atom stereocenters. The number of hydrogen-bond acceptors (Lipinski definition) is 4. The second kappa shape index (κ2) is 7.02. The van der Waals surface area contributed by atoms with E-state index in [0.29, 0.717) is 38.0 Å². The van der Waals surface area contributed by atoms with E-state index in [1.807, 2.05) is 54.6 Å². The van der Waals surface area contributed by atoms with Crippen LogP contribution in [-0.2, 0) is 6.54 Å². The van der Waals surface area contributed by atoms with Crippen molar-refractivity contribution in [3.63, 3.8) is 0 Å². The van der Waals surface area contributed by atoms with Gasteiger partial charge in [-0.1, -0.05) is 11.6 Å². The van der Waals surface area contributed by atoms with Crippen LogP contribution in [0.2, 0.25) is 0 Å². The average Bonchev–Trinajstić information content (AvgIpc) is 3.05. The van der Waals surface area contributed by atoms with Gasteiger partial charge in [0, 0.05) is 30.9 Å². The molecule has 1 aromatic carbocycles. The largest absolute Gasteiger partial charge is 0.388 e. The van der Waals surface area contributed by atoms with Crippen LogP contribution in [0.5, 0.6) is 0 Å². The molecule has 0 unspecified atom stereocenters. The van der Waals surface area contributed by atoms with E-state index in [9.17, 15) is 9.90 Å². The quantitative estimate of drug-likeness (QED) is 0.760.